The fraction of sp³-hybridized carbons (Fsp3) is 0.111. The quantitative estimate of drug-likeness (QED) is 0.627. The fourth-order valence-electron chi connectivity index (χ4n) is 2.36. The van der Waals surface area contributed by atoms with E-state index in [1.54, 1.807) is 0 Å². The van der Waals surface area contributed by atoms with Crippen LogP contribution in [0.25, 0.3) is 22.4 Å². The van der Waals surface area contributed by atoms with Gasteiger partial charge in [0.2, 0.25) is 0 Å². The van der Waals surface area contributed by atoms with Crippen molar-refractivity contribution in [1.82, 2.24) is 4.98 Å². The molecule has 0 aliphatic rings. The van der Waals surface area contributed by atoms with Crippen LogP contribution in [-0.4, -0.2) is 4.98 Å². The summed E-state index contributed by atoms with van der Waals surface area (Å²) in [6, 6.07) is 15.0. The molecule has 0 spiro atoms. The number of hydrogen-bond acceptors (Lipinski definition) is 0. The van der Waals surface area contributed by atoms with Crippen molar-refractivity contribution < 1.29 is 13.2 Å². The molecule has 0 aliphatic carbocycles. The first-order valence-corrected chi connectivity index (χ1v) is 6.86. The molecule has 1 nitrogen and oxygen atoms in total. The van der Waals surface area contributed by atoms with Crippen LogP contribution in [0.1, 0.15) is 11.1 Å². The number of halogens is 3. The van der Waals surface area contributed by atoms with Crippen molar-refractivity contribution in [3.05, 3.63) is 71.9 Å². The third kappa shape index (κ3) is 2.91. The number of hydrogen-bond donors (Lipinski definition) is 1. The second-order valence-electron chi connectivity index (χ2n) is 5.24. The Bertz CT molecular complexity index is 765. The molecular weight excluding hydrogens is 287 g/mol. The lowest BCUT2D eigenvalue weighted by molar-refractivity contribution is -0.137. The first-order chi connectivity index (χ1) is 10.4. The zero-order valence-electron chi connectivity index (χ0n) is 11.9. The summed E-state index contributed by atoms with van der Waals surface area (Å²) in [4.78, 5) is 3.18. The molecule has 0 bridgehead atoms. The summed E-state index contributed by atoms with van der Waals surface area (Å²) < 4.78 is 37.7. The minimum Gasteiger partial charge on any atom is -0.361 e. The van der Waals surface area contributed by atoms with Crippen LogP contribution < -0.4 is 0 Å². The smallest absolute Gasteiger partial charge is 0.361 e. The minimum absolute atomic E-state index is 0.630. The number of aromatic amines is 1. The van der Waals surface area contributed by atoms with Gasteiger partial charge < -0.3 is 4.98 Å². The number of benzene rings is 2. The van der Waals surface area contributed by atoms with E-state index in [4.69, 9.17) is 0 Å². The Morgan fingerprint density at radius 3 is 1.73 bits per heavy atom. The van der Waals surface area contributed by atoms with E-state index in [1.807, 2.05) is 43.5 Å². The molecule has 0 amide bonds. The highest BCUT2D eigenvalue weighted by Crippen LogP contribution is 2.31. The van der Waals surface area contributed by atoms with Crippen LogP contribution in [0.4, 0.5) is 13.2 Å². The van der Waals surface area contributed by atoms with E-state index in [-0.39, 0.29) is 0 Å². The number of aryl methyl sites for hydroxylation is 1. The van der Waals surface area contributed by atoms with Gasteiger partial charge in [-0.1, -0.05) is 36.4 Å². The first-order valence-electron chi connectivity index (χ1n) is 6.86. The highest BCUT2D eigenvalue weighted by molar-refractivity contribution is 5.69. The molecule has 22 heavy (non-hydrogen) atoms. The van der Waals surface area contributed by atoms with Crippen molar-refractivity contribution in [1.29, 1.82) is 0 Å². The van der Waals surface area contributed by atoms with Crippen molar-refractivity contribution in [2.75, 3.05) is 0 Å². The van der Waals surface area contributed by atoms with Crippen molar-refractivity contribution in [3.63, 3.8) is 0 Å². The predicted octanol–water partition coefficient (Wildman–Crippen LogP) is 5.68. The Kier molecular flexibility index (Phi) is 3.53. The molecule has 0 unspecified atom stereocenters. The van der Waals surface area contributed by atoms with Crippen molar-refractivity contribution in [3.8, 4) is 22.4 Å². The molecular formula is C18H14F3N. The van der Waals surface area contributed by atoms with Crippen molar-refractivity contribution >= 4 is 0 Å². The topological polar surface area (TPSA) is 15.8 Å². The summed E-state index contributed by atoms with van der Waals surface area (Å²) in [7, 11) is 0. The maximum absolute atomic E-state index is 12.6. The molecule has 1 heterocycles. The standard InChI is InChI=1S/C18H14F3N/c1-12-10-17(22-11-12)15-4-2-13(3-5-15)14-6-8-16(9-7-14)18(19,20)21/h2-11,22H,1H3. The Morgan fingerprint density at radius 1 is 0.773 bits per heavy atom. The van der Waals surface area contributed by atoms with Gasteiger partial charge in [-0.2, -0.15) is 13.2 Å². The Labute approximate surface area is 126 Å². The molecule has 2 aromatic carbocycles. The van der Waals surface area contributed by atoms with Crippen LogP contribution in [0.5, 0.6) is 0 Å². The van der Waals surface area contributed by atoms with Crippen LogP contribution >= 0.6 is 0 Å². The Hall–Kier alpha value is -2.49. The van der Waals surface area contributed by atoms with Gasteiger partial charge in [0.05, 0.1) is 5.56 Å². The van der Waals surface area contributed by atoms with E-state index in [9.17, 15) is 13.2 Å². The van der Waals surface area contributed by atoms with Gasteiger partial charge in [0, 0.05) is 11.9 Å². The monoisotopic (exact) mass is 301 g/mol. The second kappa shape index (κ2) is 5.37. The van der Waals surface area contributed by atoms with Gasteiger partial charge >= 0.3 is 6.18 Å². The molecule has 0 atom stereocenters. The van der Waals surface area contributed by atoms with E-state index in [0.29, 0.717) is 0 Å². The van der Waals surface area contributed by atoms with Crippen LogP contribution in [0.2, 0.25) is 0 Å². The Morgan fingerprint density at radius 2 is 1.27 bits per heavy atom. The molecule has 0 fully saturated rings. The third-order valence-corrected chi connectivity index (χ3v) is 3.57. The number of rotatable bonds is 2. The molecule has 0 aliphatic heterocycles. The lowest BCUT2D eigenvalue weighted by atomic mass is 10.0. The molecule has 0 saturated carbocycles. The zero-order valence-corrected chi connectivity index (χ0v) is 11.9. The summed E-state index contributed by atoms with van der Waals surface area (Å²) in [6.45, 7) is 2.01. The van der Waals surface area contributed by atoms with Gasteiger partial charge in [-0.15, -0.1) is 0 Å². The SMILES string of the molecule is Cc1c[nH]c(-c2ccc(-c3ccc(C(F)(F)F)cc3)cc2)c1. The number of alkyl halides is 3. The van der Waals surface area contributed by atoms with E-state index in [0.717, 1.165) is 40.1 Å². The molecule has 3 aromatic rings. The summed E-state index contributed by atoms with van der Waals surface area (Å²) in [6.07, 6.45) is -2.37. The van der Waals surface area contributed by atoms with E-state index >= 15 is 0 Å². The minimum atomic E-state index is -4.30. The number of H-pyrrole nitrogens is 1. The lowest BCUT2D eigenvalue weighted by Gasteiger charge is -2.08. The second-order valence-corrected chi connectivity index (χ2v) is 5.24. The molecule has 1 aromatic heterocycles. The van der Waals surface area contributed by atoms with E-state index < -0.39 is 11.7 Å². The van der Waals surface area contributed by atoms with E-state index in [1.165, 1.54) is 12.1 Å². The molecule has 1 N–H and O–H groups in total. The zero-order chi connectivity index (χ0) is 15.7. The van der Waals surface area contributed by atoms with Gasteiger partial charge in [-0.3, -0.25) is 0 Å². The van der Waals surface area contributed by atoms with Gasteiger partial charge in [-0.05, 0) is 47.4 Å². The largest absolute Gasteiger partial charge is 0.416 e. The summed E-state index contributed by atoms with van der Waals surface area (Å²) >= 11 is 0. The summed E-state index contributed by atoms with van der Waals surface area (Å²) in [5.41, 5.74) is 4.25. The predicted molar refractivity (Wildman–Crippen MR) is 81.4 cm³/mol. The van der Waals surface area contributed by atoms with Crippen molar-refractivity contribution in [2.24, 2.45) is 0 Å². The van der Waals surface area contributed by atoms with Crippen LogP contribution in [0, 0.1) is 6.92 Å². The molecule has 0 radical (unpaired) electrons. The van der Waals surface area contributed by atoms with Crippen LogP contribution in [0.3, 0.4) is 0 Å². The molecule has 0 saturated heterocycles. The van der Waals surface area contributed by atoms with Gasteiger partial charge in [0.1, 0.15) is 0 Å². The van der Waals surface area contributed by atoms with Crippen molar-refractivity contribution in [2.45, 2.75) is 13.1 Å². The maximum atomic E-state index is 12.6. The summed E-state index contributed by atoms with van der Waals surface area (Å²) in [5, 5.41) is 0. The van der Waals surface area contributed by atoms with Crippen LogP contribution in [-0.2, 0) is 6.18 Å². The molecule has 3 rings (SSSR count). The third-order valence-electron chi connectivity index (χ3n) is 3.57. The van der Waals surface area contributed by atoms with Gasteiger partial charge in [0.15, 0.2) is 0 Å². The maximum Gasteiger partial charge on any atom is 0.416 e. The average molecular weight is 301 g/mol. The highest BCUT2D eigenvalue weighted by Gasteiger charge is 2.29. The average Bonchev–Trinajstić information content (AvgIpc) is 2.93. The van der Waals surface area contributed by atoms with Gasteiger partial charge in [0.25, 0.3) is 0 Å². The van der Waals surface area contributed by atoms with Crippen LogP contribution in [0.15, 0.2) is 60.8 Å². The Balaban J connectivity index is 1.87. The molecule has 112 valence electrons. The fourth-order valence-corrected chi connectivity index (χ4v) is 2.36. The molecule has 4 heteroatoms. The highest BCUT2D eigenvalue weighted by atomic mass is 19.4. The summed E-state index contributed by atoms with van der Waals surface area (Å²) in [5.74, 6) is 0. The normalized spacial score (nSPS) is 11.6. The van der Waals surface area contributed by atoms with E-state index in [2.05, 4.69) is 4.98 Å². The number of nitrogens with one attached hydrogen (secondary N) is 1. The van der Waals surface area contributed by atoms with Gasteiger partial charge in [-0.25, -0.2) is 0 Å². The first kappa shape index (κ1) is 14.4. The lowest BCUT2D eigenvalue weighted by Crippen LogP contribution is -2.03. The number of aromatic nitrogens is 1.